The minimum absolute atomic E-state index is 0.361. The number of sulfonamides is 1. The van der Waals surface area contributed by atoms with Crippen LogP contribution in [0.2, 0.25) is 0 Å². The van der Waals surface area contributed by atoms with E-state index in [2.05, 4.69) is 9.71 Å². The van der Waals surface area contributed by atoms with Crippen LogP contribution in [0.25, 0.3) is 0 Å². The van der Waals surface area contributed by atoms with Crippen LogP contribution < -0.4 is 4.72 Å². The largest absolute Gasteiger partial charge is 0.260 e. The highest BCUT2D eigenvalue weighted by Crippen LogP contribution is 2.09. The standard InChI is InChI=1S/C8H11ClN2O2S/c1-7(11-14(12,13)6-9)8-4-2-3-5-10-8/h2-5,7,11H,6H2,1H3. The van der Waals surface area contributed by atoms with E-state index in [4.69, 9.17) is 11.6 Å². The third kappa shape index (κ3) is 3.25. The molecule has 0 aromatic carbocycles. The maximum absolute atomic E-state index is 11.1. The number of hydrogen-bond donors (Lipinski definition) is 1. The number of alkyl halides is 1. The molecular weight excluding hydrogens is 224 g/mol. The third-order valence-electron chi connectivity index (χ3n) is 1.63. The van der Waals surface area contributed by atoms with E-state index in [9.17, 15) is 8.42 Å². The SMILES string of the molecule is CC(NS(=O)(=O)CCl)c1ccccn1. The van der Waals surface area contributed by atoms with Crippen LogP contribution >= 0.6 is 11.6 Å². The molecule has 0 bridgehead atoms. The molecule has 0 saturated heterocycles. The van der Waals surface area contributed by atoms with Gasteiger partial charge in [-0.3, -0.25) is 4.98 Å². The lowest BCUT2D eigenvalue weighted by atomic mass is 10.2. The molecule has 0 radical (unpaired) electrons. The summed E-state index contributed by atoms with van der Waals surface area (Å²) in [7, 11) is -3.39. The fraction of sp³-hybridized carbons (Fsp3) is 0.375. The average molecular weight is 235 g/mol. The van der Waals surface area contributed by atoms with Crippen LogP contribution in [0.1, 0.15) is 18.7 Å². The van der Waals surface area contributed by atoms with E-state index < -0.39 is 15.2 Å². The maximum Gasteiger partial charge on any atom is 0.226 e. The molecule has 1 aromatic rings. The molecule has 0 saturated carbocycles. The normalized spacial score (nSPS) is 13.9. The Balaban J connectivity index is 2.74. The third-order valence-corrected chi connectivity index (χ3v) is 3.49. The van der Waals surface area contributed by atoms with Gasteiger partial charge in [0, 0.05) is 6.20 Å². The van der Waals surface area contributed by atoms with Crippen molar-refractivity contribution in [2.24, 2.45) is 0 Å². The van der Waals surface area contributed by atoms with Gasteiger partial charge in [-0.05, 0) is 19.1 Å². The van der Waals surface area contributed by atoms with Gasteiger partial charge < -0.3 is 0 Å². The maximum atomic E-state index is 11.1. The zero-order chi connectivity index (χ0) is 10.6. The molecule has 6 heteroatoms. The summed E-state index contributed by atoms with van der Waals surface area (Å²) < 4.78 is 24.6. The Morgan fingerprint density at radius 2 is 2.29 bits per heavy atom. The molecular formula is C8H11ClN2O2S. The van der Waals surface area contributed by atoms with Crippen LogP contribution in [0.3, 0.4) is 0 Å². The van der Waals surface area contributed by atoms with E-state index in [1.807, 2.05) is 0 Å². The summed E-state index contributed by atoms with van der Waals surface area (Å²) in [6.45, 7) is 1.71. The zero-order valence-electron chi connectivity index (χ0n) is 7.64. The summed E-state index contributed by atoms with van der Waals surface area (Å²) in [5, 5.41) is -0.440. The van der Waals surface area contributed by atoms with E-state index in [-0.39, 0.29) is 6.04 Å². The lowest BCUT2D eigenvalue weighted by molar-refractivity contribution is 0.568. The summed E-state index contributed by atoms with van der Waals surface area (Å²) in [5.74, 6) is 0. The van der Waals surface area contributed by atoms with Crippen molar-refractivity contribution < 1.29 is 8.42 Å². The van der Waals surface area contributed by atoms with Gasteiger partial charge in [-0.15, -0.1) is 11.6 Å². The molecule has 0 spiro atoms. The van der Waals surface area contributed by atoms with E-state index >= 15 is 0 Å². The van der Waals surface area contributed by atoms with Crippen molar-refractivity contribution in [3.05, 3.63) is 30.1 Å². The van der Waals surface area contributed by atoms with Gasteiger partial charge >= 0.3 is 0 Å². The van der Waals surface area contributed by atoms with Crippen LogP contribution in [-0.2, 0) is 10.0 Å². The summed E-state index contributed by atoms with van der Waals surface area (Å²) in [6, 6.07) is 4.96. The second-order valence-corrected chi connectivity index (χ2v) is 5.16. The Bertz CT molecular complexity index is 380. The van der Waals surface area contributed by atoms with Gasteiger partial charge in [0.15, 0.2) is 0 Å². The summed E-state index contributed by atoms with van der Waals surface area (Å²) in [5.41, 5.74) is 0.668. The topological polar surface area (TPSA) is 59.1 Å². The average Bonchev–Trinajstić information content (AvgIpc) is 2.19. The van der Waals surface area contributed by atoms with Crippen molar-refractivity contribution in [3.8, 4) is 0 Å². The molecule has 4 nitrogen and oxygen atoms in total. The molecule has 1 atom stereocenters. The smallest absolute Gasteiger partial charge is 0.226 e. The predicted octanol–water partition coefficient (Wildman–Crippen LogP) is 1.26. The first-order valence-corrected chi connectivity index (χ1v) is 6.21. The van der Waals surface area contributed by atoms with Crippen LogP contribution in [0.5, 0.6) is 0 Å². The molecule has 1 unspecified atom stereocenters. The van der Waals surface area contributed by atoms with Gasteiger partial charge in [0.1, 0.15) is 5.21 Å². The molecule has 14 heavy (non-hydrogen) atoms. The van der Waals surface area contributed by atoms with Gasteiger partial charge in [-0.2, -0.15) is 0 Å². The molecule has 1 aromatic heterocycles. The van der Waals surface area contributed by atoms with Crippen LogP contribution in [0.4, 0.5) is 0 Å². The summed E-state index contributed by atoms with van der Waals surface area (Å²) in [4.78, 5) is 4.03. The summed E-state index contributed by atoms with van der Waals surface area (Å²) in [6.07, 6.45) is 1.61. The lowest BCUT2D eigenvalue weighted by Gasteiger charge is -2.11. The van der Waals surface area contributed by atoms with Crippen molar-refractivity contribution in [1.82, 2.24) is 9.71 Å². The Labute approximate surface area is 88.4 Å². The molecule has 0 aliphatic carbocycles. The number of aromatic nitrogens is 1. The molecule has 0 aliphatic rings. The highest BCUT2D eigenvalue weighted by molar-refractivity contribution is 7.90. The van der Waals surface area contributed by atoms with Gasteiger partial charge in [-0.1, -0.05) is 6.07 Å². The van der Waals surface area contributed by atoms with E-state index in [1.54, 1.807) is 31.3 Å². The number of rotatable bonds is 4. The lowest BCUT2D eigenvalue weighted by Crippen LogP contribution is -2.28. The second-order valence-electron chi connectivity index (χ2n) is 2.82. The molecule has 78 valence electrons. The Morgan fingerprint density at radius 1 is 1.57 bits per heavy atom. The van der Waals surface area contributed by atoms with Crippen LogP contribution in [-0.4, -0.2) is 18.6 Å². The number of pyridine rings is 1. The van der Waals surface area contributed by atoms with Crippen molar-refractivity contribution in [3.63, 3.8) is 0 Å². The molecule has 1 N–H and O–H groups in total. The van der Waals surface area contributed by atoms with Crippen molar-refractivity contribution in [2.45, 2.75) is 13.0 Å². The minimum atomic E-state index is -3.39. The first-order valence-electron chi connectivity index (χ1n) is 4.02. The van der Waals surface area contributed by atoms with Gasteiger partial charge in [0.2, 0.25) is 10.0 Å². The first kappa shape index (κ1) is 11.4. The van der Waals surface area contributed by atoms with E-state index in [1.165, 1.54) is 0 Å². The molecule has 1 heterocycles. The predicted molar refractivity (Wildman–Crippen MR) is 55.4 cm³/mol. The molecule has 1 rings (SSSR count). The molecule has 0 amide bonds. The fourth-order valence-corrected chi connectivity index (χ4v) is 1.90. The molecule has 0 fully saturated rings. The van der Waals surface area contributed by atoms with Gasteiger partial charge in [-0.25, -0.2) is 13.1 Å². The number of nitrogens with zero attached hydrogens (tertiary/aromatic N) is 1. The summed E-state index contributed by atoms with van der Waals surface area (Å²) >= 11 is 5.25. The fourth-order valence-electron chi connectivity index (χ4n) is 0.993. The van der Waals surface area contributed by atoms with Crippen LogP contribution in [0, 0.1) is 0 Å². The second kappa shape index (κ2) is 4.72. The first-order chi connectivity index (χ1) is 6.55. The van der Waals surface area contributed by atoms with E-state index in [0.29, 0.717) is 5.69 Å². The Morgan fingerprint density at radius 3 is 2.79 bits per heavy atom. The van der Waals surface area contributed by atoms with Crippen molar-refractivity contribution in [1.29, 1.82) is 0 Å². The number of halogens is 1. The number of nitrogens with one attached hydrogen (secondary N) is 1. The van der Waals surface area contributed by atoms with E-state index in [0.717, 1.165) is 0 Å². The highest BCUT2D eigenvalue weighted by atomic mass is 35.5. The molecule has 0 aliphatic heterocycles. The zero-order valence-corrected chi connectivity index (χ0v) is 9.22. The highest BCUT2D eigenvalue weighted by Gasteiger charge is 2.14. The van der Waals surface area contributed by atoms with Gasteiger partial charge in [0.25, 0.3) is 0 Å². The monoisotopic (exact) mass is 234 g/mol. The Hall–Kier alpha value is -0.650. The van der Waals surface area contributed by atoms with Crippen molar-refractivity contribution >= 4 is 21.6 Å². The van der Waals surface area contributed by atoms with Crippen molar-refractivity contribution in [2.75, 3.05) is 5.21 Å². The number of hydrogen-bond acceptors (Lipinski definition) is 3. The Kier molecular flexibility index (Phi) is 3.86. The van der Waals surface area contributed by atoms with Crippen LogP contribution in [0.15, 0.2) is 24.4 Å². The van der Waals surface area contributed by atoms with Gasteiger partial charge in [0.05, 0.1) is 11.7 Å². The quantitative estimate of drug-likeness (QED) is 0.798. The minimum Gasteiger partial charge on any atom is -0.260 e.